The Balaban J connectivity index is 2.38. The molecule has 1 aromatic carbocycles. The van der Waals surface area contributed by atoms with Crippen molar-refractivity contribution >= 4 is 11.8 Å². The lowest BCUT2D eigenvalue weighted by Gasteiger charge is -2.30. The van der Waals surface area contributed by atoms with Crippen LogP contribution in [0.15, 0.2) is 24.3 Å². The van der Waals surface area contributed by atoms with Gasteiger partial charge in [0.05, 0.1) is 6.42 Å². The lowest BCUT2D eigenvalue weighted by Crippen LogP contribution is -2.45. The molecule has 0 spiro atoms. The van der Waals surface area contributed by atoms with Crippen molar-refractivity contribution in [3.05, 3.63) is 35.4 Å². The Kier molecular flexibility index (Phi) is 7.05. The molecule has 0 aliphatic heterocycles. The molecule has 22 heavy (non-hydrogen) atoms. The van der Waals surface area contributed by atoms with Gasteiger partial charge in [-0.1, -0.05) is 29.8 Å². The van der Waals surface area contributed by atoms with Crippen molar-refractivity contribution < 1.29 is 14.4 Å². The number of hydrogen-bond acceptors (Lipinski definition) is 3. The predicted molar refractivity (Wildman–Crippen MR) is 86.1 cm³/mol. The Morgan fingerprint density at radius 3 is 2.14 bits per heavy atom. The van der Waals surface area contributed by atoms with Gasteiger partial charge in [0.1, 0.15) is 0 Å². The number of carbonyl (C=O) groups excluding carboxylic acids is 2. The van der Waals surface area contributed by atoms with E-state index in [-0.39, 0.29) is 36.9 Å². The van der Waals surface area contributed by atoms with E-state index < -0.39 is 0 Å². The fourth-order valence-electron chi connectivity index (χ4n) is 2.35. The molecule has 0 unspecified atom stereocenters. The largest absolute Gasteiger partial charge is 0.336 e. The van der Waals surface area contributed by atoms with Crippen molar-refractivity contribution in [1.29, 1.82) is 0 Å². The SMILES string of the molecule is Cc1ccc(CC(=O)NOCC(=O)N(C(C)C)C(C)C)cc1. The minimum Gasteiger partial charge on any atom is -0.336 e. The molecular weight excluding hydrogens is 280 g/mol. The van der Waals surface area contributed by atoms with Crippen LogP contribution in [0.4, 0.5) is 0 Å². The van der Waals surface area contributed by atoms with Gasteiger partial charge in [-0.25, -0.2) is 5.48 Å². The molecule has 0 atom stereocenters. The van der Waals surface area contributed by atoms with Gasteiger partial charge in [-0.2, -0.15) is 0 Å². The molecule has 1 rings (SSSR count). The van der Waals surface area contributed by atoms with Gasteiger partial charge < -0.3 is 4.90 Å². The lowest BCUT2D eigenvalue weighted by molar-refractivity contribution is -0.147. The second-order valence-electron chi connectivity index (χ2n) is 5.96. The summed E-state index contributed by atoms with van der Waals surface area (Å²) in [6.45, 7) is 9.65. The van der Waals surface area contributed by atoms with Crippen LogP contribution in [0.1, 0.15) is 38.8 Å². The predicted octanol–water partition coefficient (Wildman–Crippen LogP) is 2.23. The van der Waals surface area contributed by atoms with Crippen LogP contribution in [-0.4, -0.2) is 35.4 Å². The average molecular weight is 306 g/mol. The maximum absolute atomic E-state index is 12.1. The van der Waals surface area contributed by atoms with Gasteiger partial charge in [-0.15, -0.1) is 0 Å². The summed E-state index contributed by atoms with van der Waals surface area (Å²) in [5.41, 5.74) is 4.38. The van der Waals surface area contributed by atoms with Crippen LogP contribution in [0.25, 0.3) is 0 Å². The molecule has 0 aromatic heterocycles. The summed E-state index contributed by atoms with van der Waals surface area (Å²) in [5.74, 6) is -0.405. The van der Waals surface area contributed by atoms with Crippen LogP contribution in [-0.2, 0) is 20.8 Å². The van der Waals surface area contributed by atoms with Crippen LogP contribution >= 0.6 is 0 Å². The number of hydroxylamine groups is 1. The Morgan fingerprint density at radius 1 is 1.09 bits per heavy atom. The summed E-state index contributed by atoms with van der Waals surface area (Å²) < 4.78 is 0. The zero-order valence-electron chi connectivity index (χ0n) is 14.1. The number of nitrogens with one attached hydrogen (secondary N) is 1. The minimum absolute atomic E-state index is 0.0966. The van der Waals surface area contributed by atoms with Gasteiger partial charge in [0.25, 0.3) is 5.91 Å². The van der Waals surface area contributed by atoms with Crippen molar-refractivity contribution in [3.63, 3.8) is 0 Å². The number of carbonyl (C=O) groups is 2. The minimum atomic E-state index is -0.266. The van der Waals surface area contributed by atoms with Gasteiger partial charge in [0.2, 0.25) is 5.91 Å². The molecule has 0 saturated carbocycles. The van der Waals surface area contributed by atoms with E-state index in [1.165, 1.54) is 0 Å². The number of rotatable bonds is 7. The van der Waals surface area contributed by atoms with Crippen molar-refractivity contribution in [2.75, 3.05) is 6.61 Å². The Bertz CT molecular complexity index is 487. The second-order valence-corrected chi connectivity index (χ2v) is 5.96. The summed E-state index contributed by atoms with van der Waals surface area (Å²) in [6, 6.07) is 7.91. The van der Waals surface area contributed by atoms with Crippen molar-refractivity contribution in [2.24, 2.45) is 0 Å². The highest BCUT2D eigenvalue weighted by Gasteiger charge is 2.20. The molecular formula is C17H26N2O3. The first-order valence-corrected chi connectivity index (χ1v) is 7.58. The number of amides is 2. The van der Waals surface area contributed by atoms with Gasteiger partial charge >= 0.3 is 0 Å². The van der Waals surface area contributed by atoms with Crippen LogP contribution in [0.5, 0.6) is 0 Å². The van der Waals surface area contributed by atoms with E-state index in [2.05, 4.69) is 5.48 Å². The third kappa shape index (κ3) is 5.85. The van der Waals surface area contributed by atoms with Gasteiger partial charge in [-0.3, -0.25) is 14.4 Å². The highest BCUT2D eigenvalue weighted by molar-refractivity contribution is 5.79. The third-order valence-corrected chi connectivity index (χ3v) is 3.27. The van der Waals surface area contributed by atoms with E-state index in [1.54, 1.807) is 4.90 Å². The summed E-state index contributed by atoms with van der Waals surface area (Å²) in [7, 11) is 0. The normalized spacial score (nSPS) is 10.9. The quantitative estimate of drug-likeness (QED) is 0.786. The lowest BCUT2D eigenvalue weighted by atomic mass is 10.1. The van der Waals surface area contributed by atoms with Gasteiger partial charge in [-0.05, 0) is 40.2 Å². The number of benzene rings is 1. The molecule has 0 heterocycles. The van der Waals surface area contributed by atoms with Crippen molar-refractivity contribution in [1.82, 2.24) is 10.4 Å². The average Bonchev–Trinajstić information content (AvgIpc) is 2.40. The summed E-state index contributed by atoms with van der Waals surface area (Å²) in [6.07, 6.45) is 0.229. The fourth-order valence-corrected chi connectivity index (χ4v) is 2.35. The number of nitrogens with zero attached hydrogens (tertiary/aromatic N) is 1. The van der Waals surface area contributed by atoms with Crippen LogP contribution in [0.3, 0.4) is 0 Å². The Hall–Kier alpha value is -1.88. The molecule has 0 radical (unpaired) electrons. The molecule has 5 nitrogen and oxygen atoms in total. The van der Waals surface area contributed by atoms with Gasteiger partial charge in [0, 0.05) is 12.1 Å². The highest BCUT2D eigenvalue weighted by Crippen LogP contribution is 2.06. The molecule has 0 fully saturated rings. The number of hydrogen-bond donors (Lipinski definition) is 1. The van der Waals surface area contributed by atoms with E-state index >= 15 is 0 Å². The number of aryl methyl sites for hydroxylation is 1. The zero-order chi connectivity index (χ0) is 16.7. The Morgan fingerprint density at radius 2 is 1.64 bits per heavy atom. The van der Waals surface area contributed by atoms with Gasteiger partial charge in [0.15, 0.2) is 6.61 Å². The molecule has 1 aromatic rings. The van der Waals surface area contributed by atoms with Crippen LogP contribution in [0.2, 0.25) is 0 Å². The van der Waals surface area contributed by atoms with Crippen LogP contribution < -0.4 is 5.48 Å². The second kappa shape index (κ2) is 8.54. The van der Waals surface area contributed by atoms with E-state index in [4.69, 9.17) is 4.84 Å². The monoisotopic (exact) mass is 306 g/mol. The molecule has 0 bridgehead atoms. The Labute approximate surface area is 132 Å². The van der Waals surface area contributed by atoms with E-state index in [1.807, 2.05) is 58.9 Å². The highest BCUT2D eigenvalue weighted by atomic mass is 16.7. The zero-order valence-corrected chi connectivity index (χ0v) is 14.1. The molecule has 0 aliphatic rings. The van der Waals surface area contributed by atoms with Crippen LogP contribution in [0, 0.1) is 6.92 Å². The third-order valence-electron chi connectivity index (χ3n) is 3.27. The summed E-state index contributed by atoms with van der Waals surface area (Å²) in [5, 5.41) is 0. The first-order chi connectivity index (χ1) is 10.3. The fraction of sp³-hybridized carbons (Fsp3) is 0.529. The molecule has 0 saturated heterocycles. The molecule has 2 amide bonds. The smallest absolute Gasteiger partial charge is 0.251 e. The van der Waals surface area contributed by atoms with E-state index in [0.717, 1.165) is 11.1 Å². The molecule has 122 valence electrons. The van der Waals surface area contributed by atoms with Crippen molar-refractivity contribution in [3.8, 4) is 0 Å². The molecule has 5 heteroatoms. The maximum Gasteiger partial charge on any atom is 0.251 e. The van der Waals surface area contributed by atoms with E-state index in [0.29, 0.717) is 0 Å². The first-order valence-electron chi connectivity index (χ1n) is 7.58. The van der Waals surface area contributed by atoms with Crippen molar-refractivity contribution in [2.45, 2.75) is 53.1 Å². The molecule has 1 N–H and O–H groups in total. The first kappa shape index (κ1) is 18.2. The molecule has 0 aliphatic carbocycles. The van der Waals surface area contributed by atoms with E-state index in [9.17, 15) is 9.59 Å². The summed E-state index contributed by atoms with van der Waals surface area (Å²) in [4.78, 5) is 30.6. The topological polar surface area (TPSA) is 58.6 Å². The standard InChI is InChI=1S/C17H26N2O3/c1-12(2)19(13(3)4)17(21)11-22-18-16(20)10-15-8-6-14(5)7-9-15/h6-9,12-13H,10-11H2,1-5H3,(H,18,20). The summed E-state index contributed by atoms with van der Waals surface area (Å²) >= 11 is 0. The maximum atomic E-state index is 12.1.